The molecule has 4 heteroatoms. The van der Waals surface area contributed by atoms with Crippen LogP contribution in [0.2, 0.25) is 0 Å². The van der Waals surface area contributed by atoms with Gasteiger partial charge in [0.25, 0.3) is 0 Å². The van der Waals surface area contributed by atoms with Crippen LogP contribution < -0.4 is 5.73 Å². The number of nitrogens with zero attached hydrogens (tertiary/aromatic N) is 3. The van der Waals surface area contributed by atoms with Crippen LogP contribution in [0.3, 0.4) is 0 Å². The lowest BCUT2D eigenvalue weighted by molar-refractivity contribution is 0.451. The number of rotatable bonds is 3. The van der Waals surface area contributed by atoms with Crippen molar-refractivity contribution >= 4 is 0 Å². The van der Waals surface area contributed by atoms with Crippen LogP contribution in [0.1, 0.15) is 35.6 Å². The van der Waals surface area contributed by atoms with Crippen LogP contribution in [-0.2, 0) is 24.9 Å². The zero-order valence-corrected chi connectivity index (χ0v) is 12.3. The molecule has 1 unspecified atom stereocenters. The van der Waals surface area contributed by atoms with Crippen molar-refractivity contribution < 1.29 is 0 Å². The van der Waals surface area contributed by atoms with E-state index < -0.39 is 5.54 Å². The van der Waals surface area contributed by atoms with Gasteiger partial charge in [-0.15, -0.1) is 0 Å². The largest absolute Gasteiger partial charge is 0.329 e. The van der Waals surface area contributed by atoms with Gasteiger partial charge >= 0.3 is 0 Å². The predicted octanol–water partition coefficient (Wildman–Crippen LogP) is 2.45. The molecule has 4 nitrogen and oxygen atoms in total. The summed E-state index contributed by atoms with van der Waals surface area (Å²) < 4.78 is 2.14. The summed E-state index contributed by atoms with van der Waals surface area (Å²) >= 11 is 0. The Labute approximate surface area is 125 Å². The molecule has 0 saturated heterocycles. The molecule has 1 aromatic heterocycles. The number of aromatic nitrogens is 2. The van der Waals surface area contributed by atoms with E-state index in [1.165, 1.54) is 24.2 Å². The number of benzene rings is 1. The van der Waals surface area contributed by atoms with E-state index in [9.17, 15) is 5.26 Å². The van der Waals surface area contributed by atoms with Crippen LogP contribution in [0.15, 0.2) is 30.3 Å². The van der Waals surface area contributed by atoms with E-state index in [0.717, 1.165) is 24.2 Å². The molecule has 0 amide bonds. The van der Waals surface area contributed by atoms with E-state index in [2.05, 4.69) is 15.6 Å². The number of nitriles is 1. The number of aryl methyl sites for hydroxylation is 2. The highest BCUT2D eigenvalue weighted by molar-refractivity contribution is 5.31. The first kappa shape index (κ1) is 13.8. The summed E-state index contributed by atoms with van der Waals surface area (Å²) in [6.45, 7) is 2.46. The Morgan fingerprint density at radius 2 is 2.00 bits per heavy atom. The van der Waals surface area contributed by atoms with Gasteiger partial charge in [-0.3, -0.25) is 0 Å². The Balaban J connectivity index is 1.99. The van der Waals surface area contributed by atoms with Crippen molar-refractivity contribution in [3.8, 4) is 6.07 Å². The fourth-order valence-corrected chi connectivity index (χ4v) is 3.12. The highest BCUT2D eigenvalue weighted by Gasteiger charge is 2.30. The molecule has 1 aliphatic rings. The minimum Gasteiger partial charge on any atom is -0.329 e. The molecule has 21 heavy (non-hydrogen) atoms. The maximum Gasteiger partial charge on any atom is 0.147 e. The summed E-state index contributed by atoms with van der Waals surface area (Å²) in [5.41, 5.74) is 8.69. The van der Waals surface area contributed by atoms with Crippen molar-refractivity contribution in [2.75, 3.05) is 0 Å². The van der Waals surface area contributed by atoms with Crippen LogP contribution in [-0.4, -0.2) is 9.55 Å². The third-order valence-corrected chi connectivity index (χ3v) is 4.32. The molecule has 0 saturated carbocycles. The fourth-order valence-electron chi connectivity index (χ4n) is 3.12. The number of hydrogen-bond donors (Lipinski definition) is 1. The van der Waals surface area contributed by atoms with Gasteiger partial charge in [-0.05, 0) is 38.2 Å². The average molecular weight is 280 g/mol. The summed E-state index contributed by atoms with van der Waals surface area (Å²) in [5, 5.41) is 9.62. The van der Waals surface area contributed by atoms with Crippen molar-refractivity contribution in [3.05, 3.63) is 53.1 Å². The monoisotopic (exact) mass is 280 g/mol. The van der Waals surface area contributed by atoms with E-state index in [1.807, 2.05) is 37.3 Å². The lowest BCUT2D eigenvalue weighted by atomic mass is 9.92. The lowest BCUT2D eigenvalue weighted by Crippen LogP contribution is -2.40. The standard InChI is InChI=1S/C17H20N4/c1-13-20-15-9-5-6-10-16(15)21(13)12-17(19,11-18)14-7-3-2-4-8-14/h2-4,7-8H,5-6,9-10,12,19H2,1H3. The van der Waals surface area contributed by atoms with Crippen LogP contribution in [0, 0.1) is 18.3 Å². The van der Waals surface area contributed by atoms with Crippen molar-refractivity contribution in [3.63, 3.8) is 0 Å². The van der Waals surface area contributed by atoms with Crippen LogP contribution in [0.5, 0.6) is 0 Å². The summed E-state index contributed by atoms with van der Waals surface area (Å²) in [7, 11) is 0. The van der Waals surface area contributed by atoms with E-state index in [-0.39, 0.29) is 0 Å². The molecule has 0 spiro atoms. The van der Waals surface area contributed by atoms with Gasteiger partial charge in [0.15, 0.2) is 0 Å². The maximum atomic E-state index is 9.62. The van der Waals surface area contributed by atoms with Gasteiger partial charge < -0.3 is 10.3 Å². The summed E-state index contributed by atoms with van der Waals surface area (Å²) in [6.07, 6.45) is 4.47. The zero-order valence-electron chi connectivity index (χ0n) is 12.3. The molecule has 0 radical (unpaired) electrons. The molecule has 1 heterocycles. The second-order valence-electron chi connectivity index (χ2n) is 5.79. The van der Waals surface area contributed by atoms with Gasteiger partial charge in [-0.1, -0.05) is 30.3 Å². The Morgan fingerprint density at radius 1 is 1.29 bits per heavy atom. The van der Waals surface area contributed by atoms with Crippen molar-refractivity contribution in [2.45, 2.75) is 44.7 Å². The second-order valence-corrected chi connectivity index (χ2v) is 5.79. The quantitative estimate of drug-likeness (QED) is 0.939. The lowest BCUT2D eigenvalue weighted by Gasteiger charge is -2.25. The Bertz CT molecular complexity index is 681. The second kappa shape index (κ2) is 5.34. The fraction of sp³-hybridized carbons (Fsp3) is 0.412. The average Bonchev–Trinajstić information content (AvgIpc) is 2.84. The van der Waals surface area contributed by atoms with E-state index >= 15 is 0 Å². The van der Waals surface area contributed by atoms with Gasteiger partial charge in [0.2, 0.25) is 0 Å². The molecule has 3 rings (SSSR count). The Morgan fingerprint density at radius 3 is 2.71 bits per heavy atom. The summed E-state index contributed by atoms with van der Waals surface area (Å²) in [5.74, 6) is 0.961. The van der Waals surface area contributed by atoms with Crippen molar-refractivity contribution in [1.29, 1.82) is 5.26 Å². The van der Waals surface area contributed by atoms with E-state index in [0.29, 0.717) is 6.54 Å². The van der Waals surface area contributed by atoms with Gasteiger partial charge in [0, 0.05) is 5.69 Å². The molecule has 1 aliphatic carbocycles. The first-order chi connectivity index (χ1) is 10.1. The molecule has 1 atom stereocenters. The number of nitrogens with two attached hydrogens (primary N) is 1. The normalized spacial score (nSPS) is 16.8. The molecule has 1 aromatic carbocycles. The number of hydrogen-bond acceptors (Lipinski definition) is 3. The van der Waals surface area contributed by atoms with Crippen molar-refractivity contribution in [1.82, 2.24) is 9.55 Å². The van der Waals surface area contributed by atoms with Crippen molar-refractivity contribution in [2.24, 2.45) is 5.73 Å². The third-order valence-electron chi connectivity index (χ3n) is 4.32. The smallest absolute Gasteiger partial charge is 0.147 e. The molecule has 2 aromatic rings. The highest BCUT2D eigenvalue weighted by Crippen LogP contribution is 2.26. The van der Waals surface area contributed by atoms with Gasteiger partial charge in [0.05, 0.1) is 18.3 Å². The molecule has 0 fully saturated rings. The Hall–Kier alpha value is -2.12. The molecular formula is C17H20N4. The highest BCUT2D eigenvalue weighted by atomic mass is 15.1. The molecule has 108 valence electrons. The van der Waals surface area contributed by atoms with Crippen LogP contribution in [0.4, 0.5) is 0 Å². The van der Waals surface area contributed by atoms with Gasteiger partial charge in [-0.25, -0.2) is 4.98 Å². The summed E-state index contributed by atoms with van der Waals surface area (Å²) in [6, 6.07) is 11.9. The third kappa shape index (κ3) is 2.45. The van der Waals surface area contributed by atoms with Gasteiger partial charge in [0.1, 0.15) is 11.4 Å². The van der Waals surface area contributed by atoms with Crippen LogP contribution in [0.25, 0.3) is 0 Å². The first-order valence-corrected chi connectivity index (χ1v) is 7.44. The SMILES string of the molecule is Cc1nc2c(n1CC(N)(C#N)c1ccccc1)CCCC2. The number of fused-ring (bicyclic) bond motifs is 1. The van der Waals surface area contributed by atoms with Crippen LogP contribution >= 0.6 is 0 Å². The molecule has 0 bridgehead atoms. The molecular weight excluding hydrogens is 260 g/mol. The first-order valence-electron chi connectivity index (χ1n) is 7.44. The number of imidazole rings is 1. The van der Waals surface area contributed by atoms with E-state index in [1.54, 1.807) is 0 Å². The molecule has 0 aliphatic heterocycles. The minimum absolute atomic E-state index is 0.460. The Kier molecular flexibility index (Phi) is 3.52. The summed E-state index contributed by atoms with van der Waals surface area (Å²) in [4.78, 5) is 4.66. The predicted molar refractivity (Wildman–Crippen MR) is 81.5 cm³/mol. The van der Waals surface area contributed by atoms with E-state index in [4.69, 9.17) is 5.73 Å². The topological polar surface area (TPSA) is 67.6 Å². The zero-order chi connectivity index (χ0) is 14.9. The van der Waals surface area contributed by atoms with Gasteiger partial charge in [-0.2, -0.15) is 5.26 Å². The maximum absolute atomic E-state index is 9.62. The molecule has 2 N–H and O–H groups in total. The minimum atomic E-state index is -1.02.